The second kappa shape index (κ2) is 5.13. The van der Waals surface area contributed by atoms with Gasteiger partial charge in [0.25, 0.3) is 0 Å². The van der Waals surface area contributed by atoms with E-state index in [0.29, 0.717) is 0 Å². The van der Waals surface area contributed by atoms with E-state index < -0.39 is 11.5 Å². The van der Waals surface area contributed by atoms with Crippen LogP contribution in [0.25, 0.3) is 0 Å². The van der Waals surface area contributed by atoms with Crippen molar-refractivity contribution >= 4 is 5.97 Å². The van der Waals surface area contributed by atoms with Crippen molar-refractivity contribution < 1.29 is 9.90 Å². The molecule has 0 aromatic carbocycles. The van der Waals surface area contributed by atoms with E-state index in [9.17, 15) is 4.79 Å². The van der Waals surface area contributed by atoms with Crippen LogP contribution in [0.5, 0.6) is 0 Å². The van der Waals surface area contributed by atoms with Gasteiger partial charge in [-0.1, -0.05) is 21.3 Å². The SMILES string of the molecule is C.CC.CNC1(C(=O)O)CC1. The van der Waals surface area contributed by atoms with Crippen molar-refractivity contribution in [1.29, 1.82) is 0 Å². The van der Waals surface area contributed by atoms with Crippen molar-refractivity contribution in [3.8, 4) is 0 Å². The van der Waals surface area contributed by atoms with Crippen LogP contribution in [-0.2, 0) is 4.79 Å². The van der Waals surface area contributed by atoms with Crippen LogP contribution in [0.15, 0.2) is 0 Å². The minimum Gasteiger partial charge on any atom is -0.480 e. The van der Waals surface area contributed by atoms with Gasteiger partial charge in [-0.15, -0.1) is 0 Å². The van der Waals surface area contributed by atoms with Gasteiger partial charge in [0.05, 0.1) is 0 Å². The second-order valence-corrected chi connectivity index (χ2v) is 2.14. The predicted molar refractivity (Wildman–Crippen MR) is 46.7 cm³/mol. The van der Waals surface area contributed by atoms with Gasteiger partial charge in [0.2, 0.25) is 0 Å². The zero-order valence-corrected chi connectivity index (χ0v) is 6.77. The average Bonchev–Trinajstić information content (AvgIpc) is 2.71. The molecule has 0 amide bonds. The Morgan fingerprint density at radius 1 is 1.45 bits per heavy atom. The van der Waals surface area contributed by atoms with E-state index in [4.69, 9.17) is 5.11 Å². The van der Waals surface area contributed by atoms with E-state index in [1.165, 1.54) is 0 Å². The molecule has 2 N–H and O–H groups in total. The number of likely N-dealkylation sites (N-methyl/N-ethyl adjacent to an activating group) is 1. The summed E-state index contributed by atoms with van der Waals surface area (Å²) in [7, 11) is 1.68. The summed E-state index contributed by atoms with van der Waals surface area (Å²) in [6, 6.07) is 0. The van der Waals surface area contributed by atoms with Gasteiger partial charge in [-0.05, 0) is 19.9 Å². The molecule has 0 spiro atoms. The summed E-state index contributed by atoms with van der Waals surface area (Å²) in [6.45, 7) is 4.00. The van der Waals surface area contributed by atoms with Crippen molar-refractivity contribution in [3.63, 3.8) is 0 Å². The number of carboxylic acid groups (broad SMARTS) is 1. The third-order valence-electron chi connectivity index (χ3n) is 1.64. The van der Waals surface area contributed by atoms with Gasteiger partial charge < -0.3 is 10.4 Å². The summed E-state index contributed by atoms with van der Waals surface area (Å²) in [5.41, 5.74) is -0.542. The summed E-state index contributed by atoms with van der Waals surface area (Å²) < 4.78 is 0. The molecule has 0 unspecified atom stereocenters. The molecule has 0 radical (unpaired) electrons. The van der Waals surface area contributed by atoms with Gasteiger partial charge in [-0.25, -0.2) is 0 Å². The highest BCUT2D eigenvalue weighted by Gasteiger charge is 2.48. The molecule has 11 heavy (non-hydrogen) atoms. The van der Waals surface area contributed by atoms with Crippen LogP contribution in [0.3, 0.4) is 0 Å². The quantitative estimate of drug-likeness (QED) is 0.645. The molecule has 0 atom stereocenters. The predicted octanol–water partition coefficient (Wildman–Crippen LogP) is 1.49. The lowest BCUT2D eigenvalue weighted by atomic mass is 10.3. The molecule has 1 rings (SSSR count). The van der Waals surface area contributed by atoms with Crippen LogP contribution in [0.1, 0.15) is 34.1 Å². The van der Waals surface area contributed by atoms with Crippen LogP contribution < -0.4 is 5.32 Å². The smallest absolute Gasteiger partial charge is 0.323 e. The molecule has 1 aliphatic rings. The fourth-order valence-corrected chi connectivity index (χ4v) is 0.696. The van der Waals surface area contributed by atoms with Crippen LogP contribution in [0, 0.1) is 0 Å². The largest absolute Gasteiger partial charge is 0.480 e. The molecule has 3 heteroatoms. The van der Waals surface area contributed by atoms with Crippen LogP contribution in [-0.4, -0.2) is 23.7 Å². The van der Waals surface area contributed by atoms with Gasteiger partial charge >= 0.3 is 5.97 Å². The fraction of sp³-hybridized carbons (Fsp3) is 0.875. The van der Waals surface area contributed by atoms with Crippen LogP contribution in [0.4, 0.5) is 0 Å². The molecule has 0 aliphatic heterocycles. The van der Waals surface area contributed by atoms with E-state index >= 15 is 0 Å². The highest BCUT2D eigenvalue weighted by molar-refractivity contribution is 5.82. The molecule has 3 nitrogen and oxygen atoms in total. The Kier molecular flexibility index (Phi) is 6.09. The van der Waals surface area contributed by atoms with E-state index in [1.54, 1.807) is 7.05 Å². The maximum Gasteiger partial charge on any atom is 0.323 e. The molecule has 0 aromatic rings. The second-order valence-electron chi connectivity index (χ2n) is 2.14. The Morgan fingerprint density at radius 3 is 1.82 bits per heavy atom. The Hall–Kier alpha value is -0.570. The van der Waals surface area contributed by atoms with Crippen LogP contribution >= 0.6 is 0 Å². The van der Waals surface area contributed by atoms with Crippen molar-refractivity contribution in [2.24, 2.45) is 0 Å². The molecule has 1 saturated carbocycles. The van der Waals surface area contributed by atoms with Gasteiger partial charge in [0.15, 0.2) is 0 Å². The first-order valence-electron chi connectivity index (χ1n) is 3.63. The number of hydrogen-bond donors (Lipinski definition) is 2. The van der Waals surface area contributed by atoms with Crippen molar-refractivity contribution in [1.82, 2.24) is 5.32 Å². The topological polar surface area (TPSA) is 49.3 Å². The first-order valence-corrected chi connectivity index (χ1v) is 3.63. The Bertz CT molecular complexity index is 119. The number of carboxylic acids is 1. The molecule has 0 aromatic heterocycles. The summed E-state index contributed by atoms with van der Waals surface area (Å²) in [5, 5.41) is 11.2. The zero-order valence-electron chi connectivity index (χ0n) is 6.77. The normalized spacial score (nSPS) is 17.0. The maximum atomic E-state index is 10.3. The number of hydrogen-bond acceptors (Lipinski definition) is 2. The lowest BCUT2D eigenvalue weighted by Gasteiger charge is -2.04. The third-order valence-corrected chi connectivity index (χ3v) is 1.64. The third kappa shape index (κ3) is 2.89. The monoisotopic (exact) mass is 161 g/mol. The Morgan fingerprint density at radius 2 is 1.82 bits per heavy atom. The summed E-state index contributed by atoms with van der Waals surface area (Å²) in [6.07, 6.45) is 1.55. The molecule has 1 aliphatic carbocycles. The average molecular weight is 161 g/mol. The lowest BCUT2D eigenvalue weighted by Crippen LogP contribution is -2.35. The van der Waals surface area contributed by atoms with E-state index in [2.05, 4.69) is 5.32 Å². The first-order chi connectivity index (χ1) is 4.71. The van der Waals surface area contributed by atoms with Crippen molar-refractivity contribution in [2.75, 3.05) is 7.05 Å². The molecular weight excluding hydrogens is 142 g/mol. The Labute approximate surface area is 68.8 Å². The molecule has 0 saturated heterocycles. The van der Waals surface area contributed by atoms with Crippen molar-refractivity contribution in [3.05, 3.63) is 0 Å². The maximum absolute atomic E-state index is 10.3. The van der Waals surface area contributed by atoms with E-state index in [-0.39, 0.29) is 7.43 Å². The molecular formula is C8H19NO2. The number of aliphatic carboxylic acids is 1. The molecule has 0 heterocycles. The van der Waals surface area contributed by atoms with Gasteiger partial charge in [0.1, 0.15) is 5.54 Å². The first kappa shape index (κ1) is 13.1. The van der Waals surface area contributed by atoms with Crippen LogP contribution in [0.2, 0.25) is 0 Å². The molecule has 68 valence electrons. The number of rotatable bonds is 2. The van der Waals surface area contributed by atoms with Gasteiger partial charge in [-0.3, -0.25) is 4.79 Å². The zero-order chi connectivity index (χ0) is 8.20. The summed E-state index contributed by atoms with van der Waals surface area (Å²) >= 11 is 0. The highest BCUT2D eigenvalue weighted by atomic mass is 16.4. The van der Waals surface area contributed by atoms with Crippen molar-refractivity contribution in [2.45, 2.75) is 39.7 Å². The lowest BCUT2D eigenvalue weighted by molar-refractivity contribution is -0.140. The Balaban J connectivity index is 0. The minimum atomic E-state index is -0.722. The summed E-state index contributed by atoms with van der Waals surface area (Å²) in [5.74, 6) is -0.722. The van der Waals surface area contributed by atoms with Gasteiger partial charge in [-0.2, -0.15) is 0 Å². The number of carbonyl (C=O) groups is 1. The minimum absolute atomic E-state index is 0. The van der Waals surface area contributed by atoms with E-state index in [0.717, 1.165) is 12.8 Å². The molecule has 0 bridgehead atoms. The van der Waals surface area contributed by atoms with E-state index in [1.807, 2.05) is 13.8 Å². The highest BCUT2D eigenvalue weighted by Crippen LogP contribution is 2.34. The summed E-state index contributed by atoms with van der Waals surface area (Å²) in [4.78, 5) is 10.3. The standard InChI is InChI=1S/C5H9NO2.C2H6.CH4/c1-6-5(2-3-5)4(7)8;1-2;/h6H,2-3H2,1H3,(H,7,8);1-2H3;1H4. The fourth-order valence-electron chi connectivity index (χ4n) is 0.696. The number of nitrogens with one attached hydrogen (secondary N) is 1. The van der Waals surface area contributed by atoms with Gasteiger partial charge in [0, 0.05) is 0 Å². The molecule has 1 fully saturated rings.